The Bertz CT molecular complexity index is 1660. The lowest BCUT2D eigenvalue weighted by molar-refractivity contribution is -0.384. The van der Waals surface area contributed by atoms with E-state index in [0.29, 0.717) is 16.7 Å². The Kier molecular flexibility index (Phi) is 7.03. The molecular formula is C31H23N2O7-. The third kappa shape index (κ3) is 4.88. The van der Waals surface area contributed by atoms with E-state index in [2.05, 4.69) is 5.32 Å². The van der Waals surface area contributed by atoms with E-state index in [0.717, 1.165) is 5.56 Å². The van der Waals surface area contributed by atoms with E-state index in [-0.39, 0.29) is 22.5 Å². The molecule has 2 N–H and O–H groups in total. The first-order valence-corrected chi connectivity index (χ1v) is 12.4. The van der Waals surface area contributed by atoms with Gasteiger partial charge in [-0.05, 0) is 35.7 Å². The number of carbonyl (C=O) groups is 2. The molecule has 1 aliphatic heterocycles. The first-order valence-electron chi connectivity index (χ1n) is 12.4. The van der Waals surface area contributed by atoms with Crippen LogP contribution in [0.25, 0.3) is 11.1 Å². The second-order valence-corrected chi connectivity index (χ2v) is 9.26. The number of hydrogen-bond donors (Lipinski definition) is 2. The van der Waals surface area contributed by atoms with E-state index in [1.54, 1.807) is 55.5 Å². The molecule has 0 saturated carbocycles. The van der Waals surface area contributed by atoms with Crippen molar-refractivity contribution < 1.29 is 29.5 Å². The van der Waals surface area contributed by atoms with Crippen LogP contribution in [0.4, 0.5) is 11.4 Å². The average molecular weight is 536 g/mol. The predicted molar refractivity (Wildman–Crippen MR) is 145 cm³/mol. The Morgan fingerprint density at radius 2 is 1.60 bits per heavy atom. The van der Waals surface area contributed by atoms with Gasteiger partial charge in [0, 0.05) is 28.9 Å². The number of benzene rings is 4. The highest BCUT2D eigenvalue weighted by Gasteiger charge is 2.41. The second kappa shape index (κ2) is 10.7. The molecule has 0 aromatic heterocycles. The number of nitrogens with one attached hydrogen (secondary N) is 1. The number of hydrogen-bond acceptors (Lipinski definition) is 8. The molecular weight excluding hydrogens is 512 g/mol. The second-order valence-electron chi connectivity index (χ2n) is 9.26. The number of nitro benzene ring substituents is 1. The highest BCUT2D eigenvalue weighted by Crippen LogP contribution is 2.41. The number of fused-ring (bicyclic) bond motifs is 1. The van der Waals surface area contributed by atoms with Gasteiger partial charge in [0.15, 0.2) is 11.7 Å². The minimum absolute atomic E-state index is 0.158. The van der Waals surface area contributed by atoms with Crippen molar-refractivity contribution >= 4 is 23.1 Å². The SMILES string of the molecule is Cc1cc([N+](=O)[O-])ccc1NC(O)=C([O-])C(C(=O)c1ccccc1-c1ccccc1)C1OC(=O)c2ccccc21. The molecule has 2 unspecified atom stereocenters. The highest BCUT2D eigenvalue weighted by molar-refractivity contribution is 6.06. The topological polar surface area (TPSA) is 142 Å². The zero-order valence-electron chi connectivity index (χ0n) is 21.2. The Labute approximate surface area is 229 Å². The van der Waals surface area contributed by atoms with Gasteiger partial charge >= 0.3 is 5.97 Å². The summed E-state index contributed by atoms with van der Waals surface area (Å²) in [6, 6.07) is 26.2. The number of nitro groups is 1. The van der Waals surface area contributed by atoms with Crippen LogP contribution in [0.3, 0.4) is 0 Å². The fourth-order valence-corrected chi connectivity index (χ4v) is 4.79. The van der Waals surface area contributed by atoms with E-state index in [1.807, 2.05) is 30.3 Å². The van der Waals surface area contributed by atoms with Crippen LogP contribution < -0.4 is 10.4 Å². The zero-order valence-corrected chi connectivity index (χ0v) is 21.2. The molecule has 4 aromatic carbocycles. The van der Waals surface area contributed by atoms with Crippen LogP contribution in [0.2, 0.25) is 0 Å². The molecule has 0 aliphatic carbocycles. The Morgan fingerprint density at radius 3 is 2.30 bits per heavy atom. The summed E-state index contributed by atoms with van der Waals surface area (Å²) in [6.45, 7) is 1.57. The largest absolute Gasteiger partial charge is 0.871 e. The number of ether oxygens (including phenoxy) is 1. The molecule has 1 aliphatic rings. The quantitative estimate of drug-likeness (QED) is 0.0993. The number of anilines is 1. The maximum Gasteiger partial charge on any atom is 0.339 e. The molecule has 2 atom stereocenters. The van der Waals surface area contributed by atoms with E-state index in [4.69, 9.17) is 4.74 Å². The van der Waals surface area contributed by atoms with Gasteiger partial charge in [0.2, 0.25) is 0 Å². The maximum atomic E-state index is 14.2. The number of ketones is 1. The summed E-state index contributed by atoms with van der Waals surface area (Å²) in [5.74, 6) is -4.81. The maximum absolute atomic E-state index is 14.2. The number of nitrogens with zero attached hydrogens (tertiary/aromatic N) is 1. The molecule has 200 valence electrons. The summed E-state index contributed by atoms with van der Waals surface area (Å²) in [7, 11) is 0. The van der Waals surface area contributed by atoms with Gasteiger partial charge in [-0.2, -0.15) is 0 Å². The first-order chi connectivity index (χ1) is 19.3. The monoisotopic (exact) mass is 535 g/mol. The van der Waals surface area contributed by atoms with Gasteiger partial charge in [0.05, 0.1) is 16.4 Å². The lowest BCUT2D eigenvalue weighted by Crippen LogP contribution is -2.33. The van der Waals surface area contributed by atoms with Crippen molar-refractivity contribution in [2.45, 2.75) is 13.0 Å². The molecule has 0 spiro atoms. The molecule has 0 bridgehead atoms. The number of cyclic esters (lactones) is 1. The molecule has 5 rings (SSSR count). The summed E-state index contributed by atoms with van der Waals surface area (Å²) in [5.41, 5.74) is 2.58. The van der Waals surface area contributed by atoms with Gasteiger partial charge in [-0.3, -0.25) is 14.9 Å². The smallest absolute Gasteiger partial charge is 0.339 e. The van der Waals surface area contributed by atoms with Crippen LogP contribution in [0.5, 0.6) is 0 Å². The lowest BCUT2D eigenvalue weighted by Gasteiger charge is -2.30. The van der Waals surface area contributed by atoms with Gasteiger partial charge in [0.1, 0.15) is 6.10 Å². The van der Waals surface area contributed by atoms with E-state index in [9.17, 15) is 29.9 Å². The molecule has 9 heteroatoms. The normalized spacial score (nSPS) is 15.4. The van der Waals surface area contributed by atoms with Crippen LogP contribution in [-0.4, -0.2) is 21.8 Å². The van der Waals surface area contributed by atoms with Crippen LogP contribution in [0.1, 0.15) is 37.9 Å². The van der Waals surface area contributed by atoms with Crippen molar-refractivity contribution in [2.75, 3.05) is 5.32 Å². The summed E-state index contributed by atoms with van der Waals surface area (Å²) < 4.78 is 5.56. The van der Waals surface area contributed by atoms with Crippen LogP contribution in [0.15, 0.2) is 109 Å². The Hall–Kier alpha value is -5.44. The van der Waals surface area contributed by atoms with Crippen molar-refractivity contribution in [3.63, 3.8) is 0 Å². The predicted octanol–water partition coefficient (Wildman–Crippen LogP) is 5.48. The van der Waals surface area contributed by atoms with Crippen molar-refractivity contribution in [3.05, 3.63) is 141 Å². The molecule has 0 fully saturated rings. The molecule has 1 heterocycles. The number of aliphatic hydroxyl groups is 1. The number of esters is 1. The molecule has 0 radical (unpaired) electrons. The zero-order chi connectivity index (χ0) is 28.4. The molecule has 40 heavy (non-hydrogen) atoms. The minimum atomic E-state index is -1.62. The van der Waals surface area contributed by atoms with Gasteiger partial charge in [-0.15, -0.1) is 0 Å². The Morgan fingerprint density at radius 1 is 0.950 bits per heavy atom. The fraction of sp³-hybridized carbons (Fsp3) is 0.0968. The number of Topliss-reactive ketones (excluding diaryl/α,β-unsaturated/α-hetero) is 1. The number of rotatable bonds is 8. The number of aliphatic hydroxyl groups excluding tert-OH is 1. The minimum Gasteiger partial charge on any atom is -0.871 e. The number of carbonyl (C=O) groups excluding carboxylic acids is 2. The van der Waals surface area contributed by atoms with Crippen molar-refractivity contribution in [2.24, 2.45) is 5.92 Å². The van der Waals surface area contributed by atoms with E-state index < -0.39 is 40.3 Å². The fourth-order valence-electron chi connectivity index (χ4n) is 4.79. The molecule has 0 amide bonds. The van der Waals surface area contributed by atoms with Gasteiger partial charge < -0.3 is 20.3 Å². The van der Waals surface area contributed by atoms with Gasteiger partial charge in [0.25, 0.3) is 5.69 Å². The standard InChI is InChI=1S/C31H24N2O7/c1-18-17-20(33(38)39)15-16-25(18)32-30(36)28(35)26(29-23-13-7-8-14-24(23)31(37)40-29)27(34)22-12-6-5-11-21(22)19-9-3-2-4-10-19/h2-17,26,29,32,35-36H,1H3/p-1. The number of aryl methyl sites for hydroxylation is 1. The average Bonchev–Trinajstić information content (AvgIpc) is 3.30. The van der Waals surface area contributed by atoms with E-state index in [1.165, 1.54) is 18.2 Å². The van der Waals surface area contributed by atoms with Crippen LogP contribution >= 0.6 is 0 Å². The van der Waals surface area contributed by atoms with Crippen LogP contribution in [0, 0.1) is 23.0 Å². The van der Waals surface area contributed by atoms with Crippen molar-refractivity contribution in [3.8, 4) is 11.1 Å². The molecule has 0 saturated heterocycles. The van der Waals surface area contributed by atoms with Crippen LogP contribution in [-0.2, 0) is 4.74 Å². The number of non-ortho nitro benzene ring substituents is 1. The summed E-state index contributed by atoms with van der Waals surface area (Å²) in [6.07, 6.45) is -1.28. The molecule has 9 nitrogen and oxygen atoms in total. The van der Waals surface area contributed by atoms with E-state index >= 15 is 0 Å². The summed E-state index contributed by atoms with van der Waals surface area (Å²) in [4.78, 5) is 37.4. The molecule has 4 aromatic rings. The van der Waals surface area contributed by atoms with Gasteiger partial charge in [-0.1, -0.05) is 78.6 Å². The summed E-state index contributed by atoms with van der Waals surface area (Å²) in [5, 5.41) is 38.4. The highest BCUT2D eigenvalue weighted by atomic mass is 16.6. The first kappa shape index (κ1) is 26.2. The third-order valence-electron chi connectivity index (χ3n) is 6.77. The van der Waals surface area contributed by atoms with Gasteiger partial charge in [-0.25, -0.2) is 4.79 Å². The Balaban J connectivity index is 1.61. The summed E-state index contributed by atoms with van der Waals surface area (Å²) >= 11 is 0. The van der Waals surface area contributed by atoms with Crippen molar-refractivity contribution in [1.82, 2.24) is 0 Å². The van der Waals surface area contributed by atoms with Crippen molar-refractivity contribution in [1.29, 1.82) is 0 Å². The lowest BCUT2D eigenvalue weighted by atomic mass is 9.84. The third-order valence-corrected chi connectivity index (χ3v) is 6.77.